The minimum absolute atomic E-state index is 0.521. The van der Waals surface area contributed by atoms with Crippen molar-refractivity contribution in [1.82, 2.24) is 0 Å². The maximum atomic E-state index is 5.46. The van der Waals surface area contributed by atoms with Crippen LogP contribution in [0.1, 0.15) is 12.5 Å². The molecule has 1 rings (SSSR count). The molecule has 0 N–H and O–H groups in total. The van der Waals surface area contributed by atoms with E-state index >= 15 is 0 Å². The van der Waals surface area contributed by atoms with Crippen LogP contribution in [0.4, 0.5) is 0 Å². The number of rotatable bonds is 4. The van der Waals surface area contributed by atoms with E-state index < -0.39 is 0 Å². The third-order valence-electron chi connectivity index (χ3n) is 1.70. The lowest BCUT2D eigenvalue weighted by molar-refractivity contribution is 0.360. The highest BCUT2D eigenvalue weighted by atomic mass is 79.9. The van der Waals surface area contributed by atoms with Crippen LogP contribution in [0.2, 0.25) is 0 Å². The summed E-state index contributed by atoms with van der Waals surface area (Å²) in [6, 6.07) is 8.10. The van der Waals surface area contributed by atoms with Crippen molar-refractivity contribution < 1.29 is 4.74 Å². The quantitative estimate of drug-likeness (QED) is 0.783. The van der Waals surface area contributed by atoms with Crippen LogP contribution in [0.25, 0.3) is 0 Å². The van der Waals surface area contributed by atoms with Crippen LogP contribution in [-0.4, -0.2) is 6.61 Å². The summed E-state index contributed by atoms with van der Waals surface area (Å²) in [5, 5.41) is 0. The first-order valence-electron chi connectivity index (χ1n) is 4.27. The number of benzene rings is 1. The Balaban J connectivity index is 2.61. The predicted octanol–water partition coefficient (Wildman–Crippen LogP) is 3.54. The highest BCUT2D eigenvalue weighted by Gasteiger charge is 1.95. The van der Waals surface area contributed by atoms with Gasteiger partial charge in [0.1, 0.15) is 12.4 Å². The molecule has 2 heteroatoms. The highest BCUT2D eigenvalue weighted by Crippen LogP contribution is 2.15. The van der Waals surface area contributed by atoms with Crippen LogP contribution in [0.15, 0.2) is 35.3 Å². The van der Waals surface area contributed by atoms with Gasteiger partial charge in [-0.05, 0) is 24.1 Å². The molecule has 0 aliphatic carbocycles. The Morgan fingerprint density at radius 1 is 1.54 bits per heavy atom. The van der Waals surface area contributed by atoms with Gasteiger partial charge in [-0.25, -0.2) is 0 Å². The Morgan fingerprint density at radius 3 is 2.92 bits per heavy atom. The van der Waals surface area contributed by atoms with Crippen LogP contribution in [0, 0.1) is 0 Å². The largest absolute Gasteiger partial charge is 0.488 e. The summed E-state index contributed by atoms with van der Waals surface area (Å²) < 4.78 is 6.32. The zero-order valence-electron chi connectivity index (χ0n) is 7.72. The first-order valence-corrected chi connectivity index (χ1v) is 5.06. The molecule has 0 heterocycles. The molecule has 0 radical (unpaired) electrons. The standard InChI is InChI=1S/C11H13BrO/c1-3-10-5-4-6-11(7-10)13-8-9(2)12/h4-7H,2-3,8H2,1H3. The Labute approximate surface area is 87.5 Å². The van der Waals surface area contributed by atoms with E-state index in [1.165, 1.54) is 5.56 Å². The molecule has 0 aromatic heterocycles. The van der Waals surface area contributed by atoms with Crippen LogP contribution < -0.4 is 4.74 Å². The molecule has 0 amide bonds. The molecule has 0 fully saturated rings. The molecule has 0 aliphatic rings. The summed E-state index contributed by atoms with van der Waals surface area (Å²) >= 11 is 3.25. The topological polar surface area (TPSA) is 9.23 Å². The van der Waals surface area contributed by atoms with Crippen molar-refractivity contribution in [3.05, 3.63) is 40.9 Å². The summed E-state index contributed by atoms with van der Waals surface area (Å²) in [5.41, 5.74) is 1.29. The lowest BCUT2D eigenvalue weighted by Gasteiger charge is -2.05. The van der Waals surface area contributed by atoms with Crippen molar-refractivity contribution in [2.45, 2.75) is 13.3 Å². The van der Waals surface area contributed by atoms with Gasteiger partial charge in [-0.3, -0.25) is 0 Å². The second-order valence-electron chi connectivity index (χ2n) is 2.81. The lowest BCUT2D eigenvalue weighted by atomic mass is 10.2. The van der Waals surface area contributed by atoms with Gasteiger partial charge >= 0.3 is 0 Å². The minimum Gasteiger partial charge on any atom is -0.488 e. The van der Waals surface area contributed by atoms with Gasteiger partial charge in [-0.15, -0.1) is 0 Å². The Bertz CT molecular complexity index is 294. The third kappa shape index (κ3) is 3.64. The molecule has 70 valence electrons. The Kier molecular flexibility index (Phi) is 4.03. The zero-order chi connectivity index (χ0) is 9.68. The summed E-state index contributed by atoms with van der Waals surface area (Å²) in [7, 11) is 0. The molecule has 0 saturated carbocycles. The summed E-state index contributed by atoms with van der Waals surface area (Å²) in [6.07, 6.45) is 1.03. The molecule has 0 saturated heterocycles. The van der Waals surface area contributed by atoms with Crippen molar-refractivity contribution in [2.24, 2.45) is 0 Å². The third-order valence-corrected chi connectivity index (χ3v) is 1.93. The monoisotopic (exact) mass is 240 g/mol. The van der Waals surface area contributed by atoms with Crippen LogP contribution in [-0.2, 0) is 6.42 Å². The van der Waals surface area contributed by atoms with Crippen molar-refractivity contribution in [2.75, 3.05) is 6.61 Å². The Hall–Kier alpha value is -0.760. The average molecular weight is 241 g/mol. The molecule has 1 aromatic carbocycles. The van der Waals surface area contributed by atoms with Gasteiger partial charge in [0.25, 0.3) is 0 Å². The average Bonchev–Trinajstić information content (AvgIpc) is 2.15. The van der Waals surface area contributed by atoms with E-state index in [1.54, 1.807) is 0 Å². The second-order valence-corrected chi connectivity index (χ2v) is 3.93. The predicted molar refractivity (Wildman–Crippen MR) is 59.4 cm³/mol. The first kappa shape index (κ1) is 10.3. The number of halogens is 1. The molecular weight excluding hydrogens is 228 g/mol. The van der Waals surface area contributed by atoms with Gasteiger partial charge < -0.3 is 4.74 Å². The maximum Gasteiger partial charge on any atom is 0.120 e. The highest BCUT2D eigenvalue weighted by molar-refractivity contribution is 9.11. The van der Waals surface area contributed by atoms with Gasteiger partial charge in [-0.2, -0.15) is 0 Å². The van der Waals surface area contributed by atoms with Crippen LogP contribution >= 0.6 is 15.9 Å². The number of ether oxygens (including phenoxy) is 1. The zero-order valence-corrected chi connectivity index (χ0v) is 9.30. The molecule has 1 nitrogen and oxygen atoms in total. The smallest absolute Gasteiger partial charge is 0.120 e. The molecule has 0 spiro atoms. The van der Waals surface area contributed by atoms with E-state index in [4.69, 9.17) is 4.74 Å². The number of hydrogen-bond acceptors (Lipinski definition) is 1. The SMILES string of the molecule is C=C(Br)COc1cccc(CC)c1. The van der Waals surface area contributed by atoms with E-state index in [9.17, 15) is 0 Å². The summed E-state index contributed by atoms with van der Waals surface area (Å²) in [4.78, 5) is 0. The molecule has 1 aromatic rings. The fraction of sp³-hybridized carbons (Fsp3) is 0.273. The summed E-state index contributed by atoms with van der Waals surface area (Å²) in [6.45, 7) is 6.35. The van der Waals surface area contributed by atoms with E-state index in [0.29, 0.717) is 6.61 Å². The van der Waals surface area contributed by atoms with Crippen molar-refractivity contribution in [3.63, 3.8) is 0 Å². The van der Waals surface area contributed by atoms with E-state index in [1.807, 2.05) is 12.1 Å². The molecule has 0 bridgehead atoms. The first-order chi connectivity index (χ1) is 6.22. The number of aryl methyl sites for hydroxylation is 1. The summed E-state index contributed by atoms with van der Waals surface area (Å²) in [5.74, 6) is 0.903. The van der Waals surface area contributed by atoms with Gasteiger partial charge in [-0.1, -0.05) is 41.6 Å². The van der Waals surface area contributed by atoms with Gasteiger partial charge in [0, 0.05) is 4.48 Å². The van der Waals surface area contributed by atoms with Gasteiger partial charge in [0.2, 0.25) is 0 Å². The fourth-order valence-electron chi connectivity index (χ4n) is 1.02. The van der Waals surface area contributed by atoms with Crippen molar-refractivity contribution in [1.29, 1.82) is 0 Å². The van der Waals surface area contributed by atoms with E-state index in [2.05, 4.69) is 41.6 Å². The van der Waals surface area contributed by atoms with Crippen LogP contribution in [0.3, 0.4) is 0 Å². The van der Waals surface area contributed by atoms with E-state index in [0.717, 1.165) is 16.7 Å². The fourth-order valence-corrected chi connectivity index (χ4v) is 1.13. The maximum absolute atomic E-state index is 5.46. The van der Waals surface area contributed by atoms with Gasteiger partial charge in [0.05, 0.1) is 0 Å². The number of hydrogen-bond donors (Lipinski definition) is 0. The molecule has 0 atom stereocenters. The molecule has 0 aliphatic heterocycles. The minimum atomic E-state index is 0.521. The van der Waals surface area contributed by atoms with Crippen molar-refractivity contribution in [3.8, 4) is 5.75 Å². The normalized spacial score (nSPS) is 9.69. The Morgan fingerprint density at radius 2 is 2.31 bits per heavy atom. The van der Waals surface area contributed by atoms with Crippen molar-refractivity contribution >= 4 is 15.9 Å². The molecular formula is C11H13BrO. The van der Waals surface area contributed by atoms with Crippen LogP contribution in [0.5, 0.6) is 5.75 Å². The second kappa shape index (κ2) is 5.07. The van der Waals surface area contributed by atoms with Gasteiger partial charge in [0.15, 0.2) is 0 Å². The lowest BCUT2D eigenvalue weighted by Crippen LogP contribution is -1.96. The molecule has 13 heavy (non-hydrogen) atoms. The molecule has 0 unspecified atom stereocenters. The van der Waals surface area contributed by atoms with E-state index in [-0.39, 0.29) is 0 Å².